The van der Waals surface area contributed by atoms with Crippen LogP contribution in [0.4, 0.5) is 5.69 Å². The summed E-state index contributed by atoms with van der Waals surface area (Å²) in [5.41, 5.74) is 3.28. The third-order valence-corrected chi connectivity index (χ3v) is 6.50. The molecule has 9 nitrogen and oxygen atoms in total. The molecule has 1 aliphatic rings. The lowest BCUT2D eigenvalue weighted by atomic mass is 10.1. The smallest absolute Gasteiger partial charge is 0.323 e. The number of rotatable bonds is 6. The van der Waals surface area contributed by atoms with Crippen LogP contribution in [0.25, 0.3) is 17.0 Å². The second kappa shape index (κ2) is 8.85. The van der Waals surface area contributed by atoms with Crippen molar-refractivity contribution in [3.05, 3.63) is 70.3 Å². The van der Waals surface area contributed by atoms with E-state index in [1.54, 1.807) is 29.0 Å². The van der Waals surface area contributed by atoms with Gasteiger partial charge in [0.05, 0.1) is 10.7 Å². The zero-order valence-electron chi connectivity index (χ0n) is 17.5. The van der Waals surface area contributed by atoms with Crippen LogP contribution >= 0.6 is 11.8 Å². The summed E-state index contributed by atoms with van der Waals surface area (Å²) in [4.78, 5) is 28.1. The number of nitrogens with two attached hydrogens (primary N) is 1. The molecular formula is C22H20N4O5S2. The topological polar surface area (TPSA) is 144 Å². The number of para-hydroxylation sites is 1. The number of carboxylic acids is 1. The fourth-order valence-corrected chi connectivity index (χ4v) is 5.06. The van der Waals surface area contributed by atoms with Crippen molar-refractivity contribution in [2.45, 2.75) is 19.2 Å². The lowest BCUT2D eigenvalue weighted by Crippen LogP contribution is -2.16. The first-order chi connectivity index (χ1) is 15.6. The number of carboxylic acid groups (broad SMARTS) is 1. The third-order valence-electron chi connectivity index (χ3n) is 4.89. The number of primary sulfonamides is 1. The Hall–Kier alpha value is -3.41. The number of carbonyl (C=O) groups excluding carboxylic acids is 1. The minimum absolute atomic E-state index is 0.200. The van der Waals surface area contributed by atoms with E-state index in [1.165, 1.54) is 0 Å². The Bertz CT molecular complexity index is 1450. The normalized spacial score (nSPS) is 15.3. The average molecular weight is 485 g/mol. The van der Waals surface area contributed by atoms with Crippen molar-refractivity contribution in [3.8, 4) is 0 Å². The van der Waals surface area contributed by atoms with Crippen molar-refractivity contribution in [1.29, 1.82) is 0 Å². The van der Waals surface area contributed by atoms with E-state index >= 15 is 0 Å². The van der Waals surface area contributed by atoms with E-state index < -0.39 is 21.9 Å². The monoisotopic (exact) mass is 484 g/mol. The maximum Gasteiger partial charge on any atom is 0.323 e. The Labute approximate surface area is 194 Å². The van der Waals surface area contributed by atoms with Gasteiger partial charge in [0.15, 0.2) is 5.17 Å². The molecule has 4 N–H and O–H groups in total. The lowest BCUT2D eigenvalue weighted by Gasteiger charge is -2.11. The number of benzene rings is 2. The van der Waals surface area contributed by atoms with Gasteiger partial charge >= 0.3 is 5.97 Å². The molecule has 33 heavy (non-hydrogen) atoms. The number of sulfonamides is 1. The van der Waals surface area contributed by atoms with Crippen LogP contribution in [0, 0.1) is 6.92 Å². The molecule has 0 saturated heterocycles. The summed E-state index contributed by atoms with van der Waals surface area (Å²) in [5.74, 6) is -1.77. The molecule has 0 atom stereocenters. The minimum atomic E-state index is -3.75. The number of thioether (sulfide) groups is 1. The number of hydrogen-bond donors (Lipinski definition) is 3. The van der Waals surface area contributed by atoms with Crippen LogP contribution in [-0.2, 0) is 31.9 Å². The first-order valence-corrected chi connectivity index (χ1v) is 12.3. The first-order valence-electron chi connectivity index (χ1n) is 9.78. The van der Waals surface area contributed by atoms with Crippen LogP contribution < -0.4 is 10.5 Å². The molecule has 2 heterocycles. The number of fused-ring (bicyclic) bond motifs is 1. The van der Waals surface area contributed by atoms with Crippen molar-refractivity contribution in [1.82, 2.24) is 4.57 Å². The molecule has 4 rings (SSSR count). The van der Waals surface area contributed by atoms with Gasteiger partial charge in [-0.2, -0.15) is 4.99 Å². The summed E-state index contributed by atoms with van der Waals surface area (Å²) in [5, 5.41) is 18.5. The maximum atomic E-state index is 12.5. The number of aromatic nitrogens is 1. The fraction of sp³-hybridized carbons (Fsp3) is 0.136. The second-order valence-corrected chi connectivity index (χ2v) is 10.2. The van der Waals surface area contributed by atoms with E-state index in [9.17, 15) is 23.1 Å². The van der Waals surface area contributed by atoms with Crippen LogP contribution in [-0.4, -0.2) is 35.1 Å². The molecule has 0 saturated carbocycles. The molecular weight excluding hydrogens is 464 g/mol. The predicted octanol–water partition coefficient (Wildman–Crippen LogP) is 2.91. The molecule has 0 aliphatic carbocycles. The van der Waals surface area contributed by atoms with Crippen molar-refractivity contribution in [2.75, 3.05) is 5.32 Å². The summed E-state index contributed by atoms with van der Waals surface area (Å²) < 4.78 is 24.8. The van der Waals surface area contributed by atoms with Gasteiger partial charge < -0.3 is 15.0 Å². The Balaban J connectivity index is 1.61. The summed E-state index contributed by atoms with van der Waals surface area (Å²) in [6, 6.07) is 12.6. The number of nitrogens with zero attached hydrogens (tertiary/aromatic N) is 2. The SMILES string of the molecule is Cc1ccc(NC2=NC(=O)C(=Cc3cn(CC(=O)O)c4ccccc34)S2)c(CS(N)(=O)=O)c1. The van der Waals surface area contributed by atoms with E-state index in [-0.39, 0.29) is 12.3 Å². The number of nitrogens with one attached hydrogen (secondary N) is 1. The molecule has 11 heteroatoms. The number of carbonyl (C=O) groups is 2. The van der Waals surface area contributed by atoms with E-state index in [4.69, 9.17) is 5.14 Å². The van der Waals surface area contributed by atoms with Gasteiger partial charge in [-0.1, -0.05) is 35.9 Å². The van der Waals surface area contributed by atoms with Crippen molar-refractivity contribution < 1.29 is 23.1 Å². The molecule has 0 spiro atoms. The highest BCUT2D eigenvalue weighted by Gasteiger charge is 2.24. The standard InChI is InChI=1S/C22H20N4O5S2/c1-13-6-7-17(15(8-13)12-33(23,30)31)24-22-25-21(29)19(32-22)9-14-10-26(11-20(27)28)18-5-3-2-4-16(14)18/h2-10H,11-12H2,1H3,(H,27,28)(H2,23,30,31)(H,24,25,29). The molecule has 1 amide bonds. The Morgan fingerprint density at radius 1 is 1.27 bits per heavy atom. The number of hydrogen-bond acceptors (Lipinski definition) is 6. The van der Waals surface area contributed by atoms with Gasteiger partial charge in [0.1, 0.15) is 6.54 Å². The molecule has 1 aliphatic heterocycles. The van der Waals surface area contributed by atoms with Gasteiger partial charge in [-0.25, -0.2) is 13.6 Å². The van der Waals surface area contributed by atoms with Gasteiger partial charge in [-0.15, -0.1) is 0 Å². The molecule has 3 aromatic rings. The van der Waals surface area contributed by atoms with E-state index in [1.807, 2.05) is 37.3 Å². The summed E-state index contributed by atoms with van der Waals surface area (Å²) in [7, 11) is -3.75. The van der Waals surface area contributed by atoms with Gasteiger partial charge in [0, 0.05) is 28.4 Å². The average Bonchev–Trinajstić information content (AvgIpc) is 3.23. The van der Waals surface area contributed by atoms with E-state index in [2.05, 4.69) is 10.3 Å². The van der Waals surface area contributed by atoms with Gasteiger partial charge in [-0.3, -0.25) is 9.59 Å². The van der Waals surface area contributed by atoms with Crippen LogP contribution in [0.5, 0.6) is 0 Å². The summed E-state index contributed by atoms with van der Waals surface area (Å²) in [6.07, 6.45) is 3.36. The van der Waals surface area contributed by atoms with Gasteiger partial charge in [0.25, 0.3) is 5.91 Å². The summed E-state index contributed by atoms with van der Waals surface area (Å²) >= 11 is 1.12. The highest BCUT2D eigenvalue weighted by atomic mass is 32.2. The highest BCUT2D eigenvalue weighted by Crippen LogP contribution is 2.32. The Kier molecular flexibility index (Phi) is 6.11. The predicted molar refractivity (Wildman–Crippen MR) is 129 cm³/mol. The largest absolute Gasteiger partial charge is 0.480 e. The van der Waals surface area contributed by atoms with Crippen molar-refractivity contribution >= 4 is 61.5 Å². The number of anilines is 1. The molecule has 0 fully saturated rings. The Morgan fingerprint density at radius 2 is 2.03 bits per heavy atom. The van der Waals surface area contributed by atoms with Crippen molar-refractivity contribution in [3.63, 3.8) is 0 Å². The van der Waals surface area contributed by atoms with Crippen LogP contribution in [0.15, 0.2) is 58.6 Å². The zero-order chi connectivity index (χ0) is 23.8. The lowest BCUT2D eigenvalue weighted by molar-refractivity contribution is -0.137. The number of amidine groups is 1. The molecule has 0 unspecified atom stereocenters. The summed E-state index contributed by atoms with van der Waals surface area (Å²) in [6.45, 7) is 1.64. The maximum absolute atomic E-state index is 12.5. The number of aliphatic carboxylic acids is 1. The van der Waals surface area contributed by atoms with Crippen LogP contribution in [0.2, 0.25) is 0 Å². The molecule has 0 radical (unpaired) electrons. The number of amides is 1. The van der Waals surface area contributed by atoms with E-state index in [0.717, 1.165) is 28.2 Å². The molecule has 170 valence electrons. The quantitative estimate of drug-likeness (QED) is 0.456. The molecule has 1 aromatic heterocycles. The van der Waals surface area contributed by atoms with Crippen molar-refractivity contribution in [2.24, 2.45) is 10.1 Å². The van der Waals surface area contributed by atoms with Gasteiger partial charge in [0.2, 0.25) is 10.0 Å². The molecule has 2 aromatic carbocycles. The highest BCUT2D eigenvalue weighted by molar-refractivity contribution is 8.18. The van der Waals surface area contributed by atoms with Gasteiger partial charge in [-0.05, 0) is 42.5 Å². The van der Waals surface area contributed by atoms with Crippen LogP contribution in [0.3, 0.4) is 0 Å². The Morgan fingerprint density at radius 3 is 2.76 bits per heavy atom. The third kappa shape index (κ3) is 5.33. The van der Waals surface area contributed by atoms with E-state index in [0.29, 0.717) is 26.9 Å². The zero-order valence-corrected chi connectivity index (χ0v) is 19.1. The number of aryl methyl sites for hydroxylation is 1. The minimum Gasteiger partial charge on any atom is -0.480 e. The molecule has 0 bridgehead atoms. The van der Waals surface area contributed by atoms with Crippen LogP contribution in [0.1, 0.15) is 16.7 Å². The first kappa shape index (κ1) is 22.8. The second-order valence-electron chi connectivity index (χ2n) is 7.55. The fourth-order valence-electron chi connectivity index (χ4n) is 3.57. The number of aliphatic imine (C=N–C) groups is 1.